The summed E-state index contributed by atoms with van der Waals surface area (Å²) in [7, 11) is 0. The second-order valence-corrected chi connectivity index (χ2v) is 4.73. The molecule has 104 valence electrons. The molecule has 1 heterocycles. The van der Waals surface area contributed by atoms with E-state index >= 15 is 0 Å². The molecule has 2 N–H and O–H groups in total. The van der Waals surface area contributed by atoms with Gasteiger partial charge in [0, 0.05) is 18.2 Å². The zero-order valence-corrected chi connectivity index (χ0v) is 11.6. The first-order chi connectivity index (χ1) is 9.26. The average molecular weight is 262 g/mol. The lowest BCUT2D eigenvalue weighted by Crippen LogP contribution is -2.38. The number of nitrogens with one attached hydrogen (secondary N) is 2. The van der Waals surface area contributed by atoms with E-state index in [1.165, 1.54) is 0 Å². The summed E-state index contributed by atoms with van der Waals surface area (Å²) < 4.78 is 5.67. The molecule has 1 amide bonds. The first kappa shape index (κ1) is 13.9. The van der Waals surface area contributed by atoms with Crippen LogP contribution in [0, 0.1) is 0 Å². The summed E-state index contributed by atoms with van der Waals surface area (Å²) in [6, 6.07) is 8.10. The minimum Gasteiger partial charge on any atom is -0.494 e. The minimum absolute atomic E-state index is 0.0837. The molecular weight excluding hydrogens is 240 g/mol. The van der Waals surface area contributed by atoms with Gasteiger partial charge in [-0.15, -0.1) is 0 Å². The maximum Gasteiger partial charge on any atom is 0.237 e. The summed E-state index contributed by atoms with van der Waals surface area (Å²) in [5, 5.41) is 6.30. The number of amides is 1. The number of benzene rings is 1. The molecule has 0 aromatic heterocycles. The number of hydrogen-bond acceptors (Lipinski definition) is 3. The highest BCUT2D eigenvalue weighted by Crippen LogP contribution is 2.28. The molecule has 1 aromatic carbocycles. The molecule has 4 nitrogen and oxygen atoms in total. The summed E-state index contributed by atoms with van der Waals surface area (Å²) >= 11 is 0. The predicted molar refractivity (Wildman–Crippen MR) is 75.2 cm³/mol. The molecule has 4 heteroatoms. The van der Waals surface area contributed by atoms with Gasteiger partial charge in [0.25, 0.3) is 0 Å². The Balaban J connectivity index is 2.14. The Hall–Kier alpha value is -1.55. The van der Waals surface area contributed by atoms with Gasteiger partial charge in [0.2, 0.25) is 5.91 Å². The standard InChI is InChI=1S/C15H22N2O2/c1-3-12(17-13-9-10-16-15(13)18)11-7-5-6-8-14(11)19-4-2/h5-8,12-13,17H,3-4,9-10H2,1-2H3,(H,16,18). The Morgan fingerprint density at radius 3 is 2.84 bits per heavy atom. The zero-order chi connectivity index (χ0) is 13.7. The molecule has 0 radical (unpaired) electrons. The topological polar surface area (TPSA) is 50.4 Å². The monoisotopic (exact) mass is 262 g/mol. The van der Waals surface area contributed by atoms with Gasteiger partial charge in [-0.1, -0.05) is 25.1 Å². The smallest absolute Gasteiger partial charge is 0.237 e. The van der Waals surface area contributed by atoms with E-state index in [1.54, 1.807) is 0 Å². The summed E-state index contributed by atoms with van der Waals surface area (Å²) in [5.41, 5.74) is 1.13. The van der Waals surface area contributed by atoms with Gasteiger partial charge in [-0.05, 0) is 25.8 Å². The summed E-state index contributed by atoms with van der Waals surface area (Å²) in [5.74, 6) is 1.01. The normalized spacial score (nSPS) is 20.1. The first-order valence-corrected chi connectivity index (χ1v) is 7.01. The van der Waals surface area contributed by atoms with Crippen molar-refractivity contribution < 1.29 is 9.53 Å². The molecule has 2 unspecified atom stereocenters. The summed E-state index contributed by atoms with van der Waals surface area (Å²) in [6.45, 7) is 5.51. The Morgan fingerprint density at radius 1 is 1.42 bits per heavy atom. The van der Waals surface area contributed by atoms with Gasteiger partial charge in [-0.25, -0.2) is 0 Å². The van der Waals surface area contributed by atoms with Crippen molar-refractivity contribution in [3.8, 4) is 5.75 Å². The lowest BCUT2D eigenvalue weighted by Gasteiger charge is -2.23. The van der Waals surface area contributed by atoms with Crippen molar-refractivity contribution in [1.29, 1.82) is 0 Å². The molecule has 1 aliphatic rings. The molecule has 0 bridgehead atoms. The maximum absolute atomic E-state index is 11.7. The Morgan fingerprint density at radius 2 is 2.21 bits per heavy atom. The molecule has 19 heavy (non-hydrogen) atoms. The molecule has 2 atom stereocenters. The molecular formula is C15H22N2O2. The lowest BCUT2D eigenvalue weighted by atomic mass is 10.0. The van der Waals surface area contributed by atoms with E-state index < -0.39 is 0 Å². The van der Waals surface area contributed by atoms with Gasteiger partial charge in [-0.3, -0.25) is 10.1 Å². The molecule has 2 rings (SSSR count). The van der Waals surface area contributed by atoms with Crippen LogP contribution in [0.15, 0.2) is 24.3 Å². The predicted octanol–water partition coefficient (Wildman–Crippen LogP) is 2.01. The zero-order valence-electron chi connectivity index (χ0n) is 11.6. The molecule has 0 aliphatic carbocycles. The highest BCUT2D eigenvalue weighted by molar-refractivity contribution is 5.83. The van der Waals surface area contributed by atoms with Crippen molar-refractivity contribution in [1.82, 2.24) is 10.6 Å². The third-order valence-electron chi connectivity index (χ3n) is 3.45. The van der Waals surface area contributed by atoms with Gasteiger partial charge >= 0.3 is 0 Å². The second kappa shape index (κ2) is 6.57. The summed E-state index contributed by atoms with van der Waals surface area (Å²) in [6.07, 6.45) is 1.78. The third-order valence-corrected chi connectivity index (χ3v) is 3.45. The summed E-state index contributed by atoms with van der Waals surface area (Å²) in [4.78, 5) is 11.7. The molecule has 0 saturated carbocycles. The van der Waals surface area contributed by atoms with Crippen molar-refractivity contribution in [2.75, 3.05) is 13.2 Å². The first-order valence-electron chi connectivity index (χ1n) is 7.01. The number of ether oxygens (including phenoxy) is 1. The average Bonchev–Trinajstić information content (AvgIpc) is 2.83. The number of para-hydroxylation sites is 1. The van der Waals surface area contributed by atoms with Crippen LogP contribution < -0.4 is 15.4 Å². The van der Waals surface area contributed by atoms with E-state index in [2.05, 4.69) is 23.6 Å². The molecule has 1 fully saturated rings. The molecule has 1 aliphatic heterocycles. The van der Waals surface area contributed by atoms with E-state index in [1.807, 2.05) is 25.1 Å². The molecule has 1 aromatic rings. The Bertz CT molecular complexity index is 434. The third kappa shape index (κ3) is 3.26. The van der Waals surface area contributed by atoms with Gasteiger partial charge in [0.15, 0.2) is 0 Å². The molecule has 1 saturated heterocycles. The Labute approximate surface area is 114 Å². The van der Waals surface area contributed by atoms with E-state index in [-0.39, 0.29) is 18.0 Å². The minimum atomic E-state index is -0.0837. The number of carbonyl (C=O) groups is 1. The SMILES string of the molecule is CCOc1ccccc1C(CC)NC1CCNC1=O. The van der Waals surface area contributed by atoms with Crippen LogP contribution in [0.3, 0.4) is 0 Å². The van der Waals surface area contributed by atoms with Crippen LogP contribution in [0.5, 0.6) is 5.75 Å². The Kier molecular flexibility index (Phi) is 4.80. The number of carbonyl (C=O) groups excluding carboxylic acids is 1. The largest absolute Gasteiger partial charge is 0.494 e. The van der Waals surface area contributed by atoms with Gasteiger partial charge in [0.05, 0.1) is 12.6 Å². The molecule has 0 spiro atoms. The van der Waals surface area contributed by atoms with Gasteiger partial charge in [-0.2, -0.15) is 0 Å². The maximum atomic E-state index is 11.7. The van der Waals surface area contributed by atoms with Crippen molar-refractivity contribution in [2.45, 2.75) is 38.8 Å². The quantitative estimate of drug-likeness (QED) is 0.824. The van der Waals surface area contributed by atoms with Crippen molar-refractivity contribution >= 4 is 5.91 Å². The second-order valence-electron chi connectivity index (χ2n) is 4.73. The van der Waals surface area contributed by atoms with Crippen LogP contribution in [0.4, 0.5) is 0 Å². The van der Waals surface area contributed by atoms with Crippen molar-refractivity contribution in [3.63, 3.8) is 0 Å². The van der Waals surface area contributed by atoms with Crippen LogP contribution in [0.2, 0.25) is 0 Å². The van der Waals surface area contributed by atoms with Crippen LogP contribution in [0.1, 0.15) is 38.3 Å². The van der Waals surface area contributed by atoms with Crippen molar-refractivity contribution in [3.05, 3.63) is 29.8 Å². The van der Waals surface area contributed by atoms with Crippen LogP contribution in [0.25, 0.3) is 0 Å². The fourth-order valence-electron chi connectivity index (χ4n) is 2.48. The van der Waals surface area contributed by atoms with Gasteiger partial charge in [0.1, 0.15) is 5.75 Å². The van der Waals surface area contributed by atoms with Crippen LogP contribution in [-0.4, -0.2) is 25.1 Å². The highest BCUT2D eigenvalue weighted by atomic mass is 16.5. The van der Waals surface area contributed by atoms with E-state index in [0.717, 1.165) is 30.7 Å². The van der Waals surface area contributed by atoms with Crippen LogP contribution in [-0.2, 0) is 4.79 Å². The van der Waals surface area contributed by atoms with E-state index in [0.29, 0.717) is 6.61 Å². The highest BCUT2D eigenvalue weighted by Gasteiger charge is 2.27. The van der Waals surface area contributed by atoms with Crippen LogP contribution >= 0.6 is 0 Å². The number of rotatable bonds is 6. The fraction of sp³-hybridized carbons (Fsp3) is 0.533. The van der Waals surface area contributed by atoms with Crippen molar-refractivity contribution in [2.24, 2.45) is 0 Å². The fourth-order valence-corrected chi connectivity index (χ4v) is 2.48. The lowest BCUT2D eigenvalue weighted by molar-refractivity contribution is -0.121. The van der Waals surface area contributed by atoms with E-state index in [4.69, 9.17) is 4.74 Å². The van der Waals surface area contributed by atoms with Gasteiger partial charge < -0.3 is 10.1 Å². The van der Waals surface area contributed by atoms with E-state index in [9.17, 15) is 4.79 Å². The number of hydrogen-bond donors (Lipinski definition) is 2.